The van der Waals surface area contributed by atoms with E-state index in [0.29, 0.717) is 12.2 Å². The second-order valence-electron chi connectivity index (χ2n) is 4.37. The van der Waals surface area contributed by atoms with E-state index in [-0.39, 0.29) is 0 Å². The fourth-order valence-electron chi connectivity index (χ4n) is 2.27. The monoisotopic (exact) mass is 204 g/mol. The molecule has 1 saturated heterocycles. The average Bonchev–Trinajstić information content (AvgIpc) is 3.10. The van der Waals surface area contributed by atoms with Gasteiger partial charge in [0.15, 0.2) is 0 Å². The highest BCUT2D eigenvalue weighted by Gasteiger charge is 2.26. The molecule has 1 aromatic rings. The van der Waals surface area contributed by atoms with Crippen molar-refractivity contribution in [3.8, 4) is 0 Å². The predicted octanol–water partition coefficient (Wildman–Crippen LogP) is 2.48. The van der Waals surface area contributed by atoms with E-state index in [1.807, 2.05) is 0 Å². The number of aryl methyl sites for hydroxylation is 1. The number of ether oxygens (including phenoxy) is 2. The van der Waals surface area contributed by atoms with Crippen molar-refractivity contribution in [3.05, 3.63) is 35.4 Å². The number of fused-ring (bicyclic) bond motifs is 1. The largest absolute Gasteiger partial charge is 0.371 e. The number of benzene rings is 1. The fourth-order valence-corrected chi connectivity index (χ4v) is 2.27. The van der Waals surface area contributed by atoms with Crippen molar-refractivity contribution in [1.29, 1.82) is 0 Å². The summed E-state index contributed by atoms with van der Waals surface area (Å²) in [7, 11) is 0. The van der Waals surface area contributed by atoms with E-state index in [2.05, 4.69) is 24.3 Å². The van der Waals surface area contributed by atoms with Gasteiger partial charge in [0.1, 0.15) is 6.10 Å². The molecule has 15 heavy (non-hydrogen) atoms. The molecule has 0 radical (unpaired) electrons. The molecule has 0 bridgehead atoms. The Balaban J connectivity index is 1.73. The zero-order chi connectivity index (χ0) is 10.1. The van der Waals surface area contributed by atoms with Crippen molar-refractivity contribution >= 4 is 0 Å². The SMILES string of the molecule is c1ccc2c(c1)CCC[C@H]2OC[C@@H]1CO1. The average molecular weight is 204 g/mol. The summed E-state index contributed by atoms with van der Waals surface area (Å²) >= 11 is 0. The Bertz CT molecular complexity index is 344. The molecule has 0 aromatic heterocycles. The van der Waals surface area contributed by atoms with Crippen LogP contribution in [-0.2, 0) is 15.9 Å². The summed E-state index contributed by atoms with van der Waals surface area (Å²) in [6.45, 7) is 1.65. The molecule has 2 nitrogen and oxygen atoms in total. The standard InChI is InChI=1S/C13H16O2/c1-2-6-12-10(4-1)5-3-7-13(12)15-9-11-8-14-11/h1-2,4,6,11,13H,3,5,7-9H2/t11-,13+/m0/s1. The summed E-state index contributed by atoms with van der Waals surface area (Å²) < 4.78 is 11.1. The Hall–Kier alpha value is -0.860. The zero-order valence-electron chi connectivity index (χ0n) is 8.82. The molecule has 80 valence electrons. The summed E-state index contributed by atoms with van der Waals surface area (Å²) in [6.07, 6.45) is 4.28. The molecule has 1 aliphatic carbocycles. The predicted molar refractivity (Wildman–Crippen MR) is 57.8 cm³/mol. The third-order valence-electron chi connectivity index (χ3n) is 3.20. The van der Waals surface area contributed by atoms with Gasteiger partial charge in [-0.1, -0.05) is 24.3 Å². The van der Waals surface area contributed by atoms with Crippen LogP contribution in [0.3, 0.4) is 0 Å². The summed E-state index contributed by atoms with van der Waals surface area (Å²) in [5.74, 6) is 0. The molecule has 3 rings (SSSR count). The normalized spacial score (nSPS) is 28.5. The van der Waals surface area contributed by atoms with Gasteiger partial charge < -0.3 is 9.47 Å². The van der Waals surface area contributed by atoms with Gasteiger partial charge in [0.25, 0.3) is 0 Å². The summed E-state index contributed by atoms with van der Waals surface area (Å²) in [4.78, 5) is 0. The lowest BCUT2D eigenvalue weighted by atomic mass is 9.89. The topological polar surface area (TPSA) is 21.8 Å². The van der Waals surface area contributed by atoms with Crippen LogP contribution >= 0.6 is 0 Å². The molecule has 1 aliphatic heterocycles. The highest BCUT2D eigenvalue weighted by molar-refractivity contribution is 5.31. The number of hydrogen-bond donors (Lipinski definition) is 0. The maximum absolute atomic E-state index is 5.91. The number of epoxide rings is 1. The molecular formula is C13H16O2. The second-order valence-corrected chi connectivity index (χ2v) is 4.37. The van der Waals surface area contributed by atoms with Crippen LogP contribution in [0.5, 0.6) is 0 Å². The van der Waals surface area contributed by atoms with Crippen LogP contribution in [0.4, 0.5) is 0 Å². The highest BCUT2D eigenvalue weighted by Crippen LogP contribution is 2.32. The molecule has 0 spiro atoms. The second kappa shape index (κ2) is 3.95. The van der Waals surface area contributed by atoms with Crippen molar-refractivity contribution in [2.24, 2.45) is 0 Å². The van der Waals surface area contributed by atoms with Gasteiger partial charge in [0.2, 0.25) is 0 Å². The Morgan fingerprint density at radius 1 is 1.33 bits per heavy atom. The van der Waals surface area contributed by atoms with Crippen LogP contribution in [0.25, 0.3) is 0 Å². The minimum atomic E-state index is 0.305. The van der Waals surface area contributed by atoms with E-state index in [4.69, 9.17) is 9.47 Å². The van der Waals surface area contributed by atoms with Crippen LogP contribution in [0.1, 0.15) is 30.1 Å². The van der Waals surface area contributed by atoms with Crippen LogP contribution in [0, 0.1) is 0 Å². The van der Waals surface area contributed by atoms with Crippen molar-refractivity contribution in [1.82, 2.24) is 0 Å². The minimum absolute atomic E-state index is 0.305. The Morgan fingerprint density at radius 3 is 3.07 bits per heavy atom. The lowest BCUT2D eigenvalue weighted by molar-refractivity contribution is 0.0310. The van der Waals surface area contributed by atoms with Gasteiger partial charge in [-0.2, -0.15) is 0 Å². The Morgan fingerprint density at radius 2 is 2.20 bits per heavy atom. The van der Waals surface area contributed by atoms with E-state index in [9.17, 15) is 0 Å². The van der Waals surface area contributed by atoms with Crippen LogP contribution < -0.4 is 0 Å². The van der Waals surface area contributed by atoms with Crippen molar-refractivity contribution in [2.75, 3.05) is 13.2 Å². The molecule has 0 unspecified atom stereocenters. The van der Waals surface area contributed by atoms with Crippen molar-refractivity contribution < 1.29 is 9.47 Å². The molecular weight excluding hydrogens is 188 g/mol. The summed E-state index contributed by atoms with van der Waals surface area (Å²) in [5, 5.41) is 0. The maximum atomic E-state index is 5.91. The van der Waals surface area contributed by atoms with E-state index in [1.165, 1.54) is 24.0 Å². The first-order valence-corrected chi connectivity index (χ1v) is 5.74. The van der Waals surface area contributed by atoms with Gasteiger partial charge >= 0.3 is 0 Å². The molecule has 0 N–H and O–H groups in total. The molecule has 0 amide bonds. The van der Waals surface area contributed by atoms with Gasteiger partial charge in [-0.25, -0.2) is 0 Å². The molecule has 1 aromatic carbocycles. The Kier molecular flexibility index (Phi) is 2.47. The van der Waals surface area contributed by atoms with E-state index < -0.39 is 0 Å². The maximum Gasteiger partial charge on any atom is 0.104 e. The fraction of sp³-hybridized carbons (Fsp3) is 0.538. The first-order valence-electron chi connectivity index (χ1n) is 5.74. The van der Waals surface area contributed by atoms with Crippen molar-refractivity contribution in [2.45, 2.75) is 31.5 Å². The molecule has 0 saturated carbocycles. The summed E-state index contributed by atoms with van der Waals surface area (Å²) in [6, 6.07) is 8.64. The van der Waals surface area contributed by atoms with E-state index in [1.54, 1.807) is 0 Å². The molecule has 1 heterocycles. The molecule has 2 aliphatic rings. The van der Waals surface area contributed by atoms with Gasteiger partial charge in [-0.3, -0.25) is 0 Å². The molecule has 2 atom stereocenters. The summed E-state index contributed by atoms with van der Waals surface area (Å²) in [5.41, 5.74) is 2.86. The Labute approximate surface area is 90.2 Å². The number of rotatable bonds is 3. The third kappa shape index (κ3) is 2.06. The van der Waals surface area contributed by atoms with Gasteiger partial charge in [0, 0.05) is 0 Å². The zero-order valence-corrected chi connectivity index (χ0v) is 8.82. The molecule has 1 fully saturated rings. The quantitative estimate of drug-likeness (QED) is 0.705. The van der Waals surface area contributed by atoms with Gasteiger partial charge in [-0.15, -0.1) is 0 Å². The van der Waals surface area contributed by atoms with Crippen LogP contribution in [0.15, 0.2) is 24.3 Å². The number of hydrogen-bond acceptors (Lipinski definition) is 2. The van der Waals surface area contributed by atoms with Gasteiger partial charge in [0.05, 0.1) is 19.3 Å². The lowest BCUT2D eigenvalue weighted by Crippen LogP contribution is -2.15. The minimum Gasteiger partial charge on any atom is -0.371 e. The first kappa shape index (κ1) is 9.37. The van der Waals surface area contributed by atoms with Crippen LogP contribution in [-0.4, -0.2) is 19.3 Å². The van der Waals surface area contributed by atoms with E-state index >= 15 is 0 Å². The third-order valence-corrected chi connectivity index (χ3v) is 3.20. The van der Waals surface area contributed by atoms with E-state index in [0.717, 1.165) is 19.6 Å². The molecule has 2 heteroatoms. The van der Waals surface area contributed by atoms with Crippen LogP contribution in [0.2, 0.25) is 0 Å². The highest BCUT2D eigenvalue weighted by atomic mass is 16.6. The van der Waals surface area contributed by atoms with Gasteiger partial charge in [-0.05, 0) is 30.4 Å². The lowest BCUT2D eigenvalue weighted by Gasteiger charge is -2.25. The smallest absolute Gasteiger partial charge is 0.104 e. The van der Waals surface area contributed by atoms with Crippen molar-refractivity contribution in [3.63, 3.8) is 0 Å². The first-order chi connectivity index (χ1) is 7.43.